The van der Waals surface area contributed by atoms with Gasteiger partial charge >= 0.3 is 0 Å². The molecule has 5 nitrogen and oxygen atoms in total. The fourth-order valence-electron chi connectivity index (χ4n) is 6.46. The van der Waals surface area contributed by atoms with E-state index >= 15 is 0 Å². The van der Waals surface area contributed by atoms with Crippen LogP contribution in [0.25, 0.3) is 0 Å². The maximum atomic E-state index is 6.93. The topological polar surface area (TPSA) is 46.2 Å². The van der Waals surface area contributed by atoms with Crippen LogP contribution < -0.4 is 4.74 Å². The van der Waals surface area contributed by atoms with E-state index in [0.717, 1.165) is 29.7 Å². The first-order chi connectivity index (χ1) is 22.8. The lowest BCUT2D eigenvalue weighted by Crippen LogP contribution is -2.47. The van der Waals surface area contributed by atoms with Gasteiger partial charge in [-0.3, -0.25) is 0 Å². The maximum Gasteiger partial charge on any atom is 0.164 e. The van der Waals surface area contributed by atoms with Gasteiger partial charge in [0.15, 0.2) is 5.79 Å². The molecule has 0 amide bonds. The first kappa shape index (κ1) is 33.8. The van der Waals surface area contributed by atoms with Crippen LogP contribution >= 0.6 is 11.8 Å². The number of hydrogen-bond donors (Lipinski definition) is 0. The summed E-state index contributed by atoms with van der Waals surface area (Å²) >= 11 is 1.96. The summed E-state index contributed by atoms with van der Waals surface area (Å²) in [6, 6.07) is 40.1. The first-order valence-corrected chi connectivity index (χ1v) is 17.8. The minimum atomic E-state index is -0.767. The standard InChI is InChI=1S/C41H48O5S/c1-29(2)26-42-34-22-20-31(21-23-34)25-36-38(44-28-33-18-12-7-13-19-33)40-39(45-41(3,4)46-40)37(43-27-32-16-10-6-11-17-32)35(47-36)24-30-14-8-5-9-15-30/h5-23,29,35-40H,24-28H2,1-4H3/t35-,36-,37+,38+,39+,40+/m1/s1. The molecule has 4 aromatic carbocycles. The van der Waals surface area contributed by atoms with Gasteiger partial charge in [0.2, 0.25) is 0 Å². The molecule has 0 spiro atoms. The number of hydrogen-bond acceptors (Lipinski definition) is 6. The Morgan fingerprint density at radius 2 is 1.02 bits per heavy atom. The molecule has 0 N–H and O–H groups in total. The molecule has 6 rings (SSSR count). The Morgan fingerprint density at radius 3 is 1.47 bits per heavy atom. The van der Waals surface area contributed by atoms with Crippen LogP contribution in [-0.4, -0.2) is 47.3 Å². The van der Waals surface area contributed by atoms with Gasteiger partial charge in [-0.15, -0.1) is 11.8 Å². The van der Waals surface area contributed by atoms with Gasteiger partial charge in [0.25, 0.3) is 0 Å². The average Bonchev–Trinajstić information content (AvgIpc) is 3.35. The molecule has 248 valence electrons. The fraction of sp³-hybridized carbons (Fsp3) is 0.415. The van der Waals surface area contributed by atoms with Crippen LogP contribution in [0.3, 0.4) is 0 Å². The molecule has 2 aliphatic heterocycles. The van der Waals surface area contributed by atoms with Crippen LogP contribution in [0.15, 0.2) is 115 Å². The molecule has 6 heteroatoms. The van der Waals surface area contributed by atoms with E-state index in [1.54, 1.807) is 0 Å². The van der Waals surface area contributed by atoms with E-state index in [1.165, 1.54) is 11.1 Å². The molecule has 0 aliphatic carbocycles. The molecule has 47 heavy (non-hydrogen) atoms. The second kappa shape index (κ2) is 15.8. The van der Waals surface area contributed by atoms with Crippen LogP contribution in [-0.2, 0) is 45.0 Å². The third-order valence-electron chi connectivity index (χ3n) is 8.69. The van der Waals surface area contributed by atoms with Crippen LogP contribution in [0, 0.1) is 5.92 Å². The highest BCUT2D eigenvalue weighted by atomic mass is 32.2. The summed E-state index contributed by atoms with van der Waals surface area (Å²) in [6.07, 6.45) is 0.619. The summed E-state index contributed by atoms with van der Waals surface area (Å²) in [5.41, 5.74) is 4.80. The van der Waals surface area contributed by atoms with Crippen molar-refractivity contribution in [2.45, 2.75) is 94.5 Å². The van der Waals surface area contributed by atoms with Crippen molar-refractivity contribution in [1.29, 1.82) is 0 Å². The summed E-state index contributed by atoms with van der Waals surface area (Å²) in [7, 11) is 0. The van der Waals surface area contributed by atoms with Crippen molar-refractivity contribution in [2.24, 2.45) is 5.92 Å². The zero-order valence-corrected chi connectivity index (χ0v) is 28.8. The predicted octanol–water partition coefficient (Wildman–Crippen LogP) is 8.68. The molecule has 6 atom stereocenters. The van der Waals surface area contributed by atoms with Gasteiger partial charge in [0.05, 0.1) is 32.0 Å². The van der Waals surface area contributed by atoms with E-state index in [2.05, 4.69) is 117 Å². The largest absolute Gasteiger partial charge is 0.493 e. The lowest BCUT2D eigenvalue weighted by molar-refractivity contribution is -0.167. The Kier molecular flexibility index (Phi) is 11.4. The Balaban J connectivity index is 1.35. The van der Waals surface area contributed by atoms with E-state index in [4.69, 9.17) is 23.7 Å². The fourth-order valence-corrected chi connectivity index (χ4v) is 8.26. The van der Waals surface area contributed by atoms with Gasteiger partial charge in [-0.1, -0.05) is 117 Å². The molecule has 2 fully saturated rings. The van der Waals surface area contributed by atoms with Crippen molar-refractivity contribution in [1.82, 2.24) is 0 Å². The van der Waals surface area contributed by atoms with Gasteiger partial charge in [0.1, 0.15) is 18.0 Å². The van der Waals surface area contributed by atoms with Gasteiger partial charge in [-0.05, 0) is 67.0 Å². The first-order valence-electron chi connectivity index (χ1n) is 16.9. The van der Waals surface area contributed by atoms with Crippen molar-refractivity contribution in [3.63, 3.8) is 0 Å². The highest BCUT2D eigenvalue weighted by Crippen LogP contribution is 2.45. The van der Waals surface area contributed by atoms with Crippen LogP contribution in [0.4, 0.5) is 0 Å². The number of ether oxygens (including phenoxy) is 5. The summed E-state index contributed by atoms with van der Waals surface area (Å²) in [5.74, 6) is 0.611. The van der Waals surface area contributed by atoms with E-state index in [0.29, 0.717) is 25.7 Å². The number of rotatable bonds is 13. The molecular weight excluding hydrogens is 605 g/mol. The normalized spacial score (nSPS) is 25.3. The summed E-state index contributed by atoms with van der Waals surface area (Å²) in [4.78, 5) is 0. The van der Waals surface area contributed by atoms with Crippen LogP contribution in [0.2, 0.25) is 0 Å². The monoisotopic (exact) mass is 652 g/mol. The van der Waals surface area contributed by atoms with Gasteiger partial charge in [-0.25, -0.2) is 0 Å². The number of fused-ring (bicyclic) bond motifs is 1. The van der Waals surface area contributed by atoms with Crippen molar-refractivity contribution < 1.29 is 23.7 Å². The maximum absolute atomic E-state index is 6.93. The second-order valence-corrected chi connectivity index (χ2v) is 15.0. The van der Waals surface area contributed by atoms with Crippen molar-refractivity contribution >= 4 is 11.8 Å². The lowest BCUT2D eigenvalue weighted by Gasteiger charge is -2.32. The molecule has 0 saturated carbocycles. The third-order valence-corrected chi connectivity index (χ3v) is 10.3. The third kappa shape index (κ3) is 9.27. The molecule has 0 bridgehead atoms. The molecule has 0 unspecified atom stereocenters. The lowest BCUT2D eigenvalue weighted by atomic mass is 9.94. The summed E-state index contributed by atoms with van der Waals surface area (Å²) < 4.78 is 33.4. The van der Waals surface area contributed by atoms with Gasteiger partial charge in [0, 0.05) is 10.5 Å². The smallest absolute Gasteiger partial charge is 0.164 e. The van der Waals surface area contributed by atoms with Crippen molar-refractivity contribution in [3.05, 3.63) is 138 Å². The Labute approximate surface area is 284 Å². The van der Waals surface area contributed by atoms with Gasteiger partial charge in [-0.2, -0.15) is 0 Å². The second-order valence-electron chi connectivity index (χ2n) is 13.5. The van der Waals surface area contributed by atoms with E-state index in [-0.39, 0.29) is 34.9 Å². The molecule has 2 heterocycles. The van der Waals surface area contributed by atoms with E-state index < -0.39 is 5.79 Å². The predicted molar refractivity (Wildman–Crippen MR) is 190 cm³/mol. The highest BCUT2D eigenvalue weighted by molar-refractivity contribution is 8.00. The molecule has 0 aromatic heterocycles. The summed E-state index contributed by atoms with van der Waals surface area (Å²) in [6.45, 7) is 10.1. The number of thioether (sulfide) groups is 1. The zero-order valence-electron chi connectivity index (χ0n) is 28.0. The minimum absolute atomic E-state index is 0.0881. The SMILES string of the molecule is CC(C)COc1ccc(C[C@H]2S[C@H](Cc3ccccc3)[C@H](OCc3ccccc3)[C@@H]3OC(C)(C)O[C@H]3[C@H]2OCc2ccccc2)cc1. The van der Waals surface area contributed by atoms with Crippen LogP contribution in [0.1, 0.15) is 49.9 Å². The van der Waals surface area contributed by atoms with E-state index in [1.807, 2.05) is 37.7 Å². The molecular formula is C41H48O5S. The zero-order chi connectivity index (χ0) is 32.6. The van der Waals surface area contributed by atoms with Crippen molar-refractivity contribution in [3.8, 4) is 5.75 Å². The molecule has 0 radical (unpaired) electrons. The Hall–Kier alpha value is -3.13. The van der Waals surface area contributed by atoms with Crippen molar-refractivity contribution in [2.75, 3.05) is 6.61 Å². The Morgan fingerprint density at radius 1 is 0.596 bits per heavy atom. The Bertz CT molecular complexity index is 1500. The van der Waals surface area contributed by atoms with E-state index in [9.17, 15) is 0 Å². The van der Waals surface area contributed by atoms with Crippen LogP contribution in [0.5, 0.6) is 5.75 Å². The minimum Gasteiger partial charge on any atom is -0.493 e. The highest BCUT2D eigenvalue weighted by Gasteiger charge is 2.55. The molecule has 2 saturated heterocycles. The summed E-state index contributed by atoms with van der Waals surface area (Å²) in [5, 5.41) is 0.195. The average molecular weight is 653 g/mol. The van der Waals surface area contributed by atoms with Gasteiger partial charge < -0.3 is 23.7 Å². The number of benzene rings is 4. The molecule has 2 aliphatic rings. The molecule has 4 aromatic rings. The quantitative estimate of drug-likeness (QED) is 0.144.